The first-order valence-electron chi connectivity index (χ1n) is 5.54. The Hall–Kier alpha value is -0.620. The number of rotatable bonds is 4. The van der Waals surface area contributed by atoms with Crippen molar-refractivity contribution in [2.75, 3.05) is 5.75 Å². The molecule has 0 aromatic carbocycles. The second kappa shape index (κ2) is 5.63. The van der Waals surface area contributed by atoms with Crippen LogP contribution in [0.4, 0.5) is 0 Å². The summed E-state index contributed by atoms with van der Waals surface area (Å²) >= 11 is 0. The highest BCUT2D eigenvalue weighted by atomic mass is 32.2. The first-order valence-corrected chi connectivity index (χ1v) is 7.15. The molecular weight excluding hydrogens is 232 g/mol. The largest absolute Gasteiger partial charge is 0.461 e. The van der Waals surface area contributed by atoms with Gasteiger partial charge < -0.3 is 4.74 Å². The zero-order valence-corrected chi connectivity index (χ0v) is 10.2. The summed E-state index contributed by atoms with van der Waals surface area (Å²) < 4.78 is 34.7. The molecule has 0 radical (unpaired) electrons. The number of hydrogen-bond acceptors (Lipinski definition) is 4. The lowest BCUT2D eigenvalue weighted by molar-refractivity contribution is -0.153. The SMILES string of the molecule is CC(CS(=O)(=O)O)OC(=O)C1CCCCC1. The van der Waals surface area contributed by atoms with E-state index in [-0.39, 0.29) is 11.9 Å². The molecule has 0 spiro atoms. The molecule has 0 aromatic rings. The van der Waals surface area contributed by atoms with Crippen LogP contribution in [0.25, 0.3) is 0 Å². The van der Waals surface area contributed by atoms with Gasteiger partial charge in [-0.3, -0.25) is 9.35 Å². The van der Waals surface area contributed by atoms with Gasteiger partial charge in [0.25, 0.3) is 10.1 Å². The Kier molecular flexibility index (Phi) is 4.73. The van der Waals surface area contributed by atoms with Crippen LogP contribution in [0.15, 0.2) is 0 Å². The van der Waals surface area contributed by atoms with Crippen LogP contribution in [0.5, 0.6) is 0 Å². The maximum absolute atomic E-state index is 11.6. The van der Waals surface area contributed by atoms with Gasteiger partial charge in [-0.15, -0.1) is 0 Å². The lowest BCUT2D eigenvalue weighted by atomic mass is 9.89. The number of ether oxygens (including phenoxy) is 1. The molecule has 0 saturated heterocycles. The van der Waals surface area contributed by atoms with E-state index in [9.17, 15) is 13.2 Å². The minimum atomic E-state index is -4.08. The third-order valence-corrected chi connectivity index (χ3v) is 3.59. The van der Waals surface area contributed by atoms with Crippen LogP contribution in [-0.2, 0) is 19.6 Å². The van der Waals surface area contributed by atoms with Gasteiger partial charge in [-0.05, 0) is 19.8 Å². The Bertz CT molecular complexity index is 329. The smallest absolute Gasteiger partial charge is 0.309 e. The van der Waals surface area contributed by atoms with Crippen molar-refractivity contribution in [3.63, 3.8) is 0 Å². The van der Waals surface area contributed by atoms with Crippen LogP contribution >= 0.6 is 0 Å². The zero-order chi connectivity index (χ0) is 12.2. The van der Waals surface area contributed by atoms with Crippen LogP contribution in [0.1, 0.15) is 39.0 Å². The molecule has 0 bridgehead atoms. The Labute approximate surface area is 95.9 Å². The van der Waals surface area contributed by atoms with Gasteiger partial charge in [0.1, 0.15) is 11.9 Å². The molecule has 1 saturated carbocycles. The van der Waals surface area contributed by atoms with E-state index in [0.29, 0.717) is 0 Å². The van der Waals surface area contributed by atoms with Gasteiger partial charge in [-0.2, -0.15) is 8.42 Å². The van der Waals surface area contributed by atoms with Crippen molar-refractivity contribution in [2.45, 2.75) is 45.1 Å². The predicted octanol–water partition coefficient (Wildman–Crippen LogP) is 1.39. The second-order valence-corrected chi connectivity index (χ2v) is 5.83. The second-order valence-electron chi connectivity index (χ2n) is 4.33. The van der Waals surface area contributed by atoms with Crippen molar-refractivity contribution in [1.29, 1.82) is 0 Å². The zero-order valence-electron chi connectivity index (χ0n) is 9.39. The van der Waals surface area contributed by atoms with Gasteiger partial charge in [-0.1, -0.05) is 19.3 Å². The van der Waals surface area contributed by atoms with Crippen molar-refractivity contribution in [3.8, 4) is 0 Å². The fourth-order valence-electron chi connectivity index (χ4n) is 1.96. The van der Waals surface area contributed by atoms with Gasteiger partial charge in [0.2, 0.25) is 0 Å². The summed E-state index contributed by atoms with van der Waals surface area (Å²) in [7, 11) is -4.08. The molecule has 1 aliphatic rings. The molecule has 94 valence electrons. The maximum atomic E-state index is 11.6. The van der Waals surface area contributed by atoms with Gasteiger partial charge in [0, 0.05) is 0 Å². The molecule has 0 aromatic heterocycles. The van der Waals surface area contributed by atoms with Gasteiger partial charge in [0.05, 0.1) is 5.92 Å². The first kappa shape index (κ1) is 13.4. The first-order chi connectivity index (χ1) is 7.38. The number of esters is 1. The molecule has 0 amide bonds. The van der Waals surface area contributed by atoms with Crippen molar-refractivity contribution in [1.82, 2.24) is 0 Å². The summed E-state index contributed by atoms with van der Waals surface area (Å²) in [4.78, 5) is 11.6. The van der Waals surface area contributed by atoms with E-state index in [2.05, 4.69) is 0 Å². The van der Waals surface area contributed by atoms with E-state index in [4.69, 9.17) is 9.29 Å². The molecular formula is C10H18O5S. The molecule has 1 N–H and O–H groups in total. The van der Waals surface area contributed by atoms with E-state index >= 15 is 0 Å². The topological polar surface area (TPSA) is 80.7 Å². The van der Waals surface area contributed by atoms with E-state index in [1.165, 1.54) is 6.92 Å². The third kappa shape index (κ3) is 4.94. The molecule has 1 unspecified atom stereocenters. The van der Waals surface area contributed by atoms with Crippen LogP contribution in [0.2, 0.25) is 0 Å². The van der Waals surface area contributed by atoms with Crippen molar-refractivity contribution >= 4 is 16.1 Å². The summed E-state index contributed by atoms with van der Waals surface area (Å²) in [5.74, 6) is -0.973. The van der Waals surface area contributed by atoms with Crippen molar-refractivity contribution < 1.29 is 22.5 Å². The van der Waals surface area contributed by atoms with Crippen LogP contribution < -0.4 is 0 Å². The molecule has 16 heavy (non-hydrogen) atoms. The fraction of sp³-hybridized carbons (Fsp3) is 0.900. The molecule has 5 nitrogen and oxygen atoms in total. The normalized spacial score (nSPS) is 20.4. The van der Waals surface area contributed by atoms with Crippen LogP contribution in [0.3, 0.4) is 0 Å². The Morgan fingerprint density at radius 1 is 1.38 bits per heavy atom. The molecule has 0 heterocycles. The number of carbonyl (C=O) groups excluding carboxylic acids is 1. The Balaban J connectivity index is 2.38. The van der Waals surface area contributed by atoms with Crippen LogP contribution in [-0.4, -0.2) is 30.8 Å². The maximum Gasteiger partial charge on any atom is 0.309 e. The van der Waals surface area contributed by atoms with Crippen LogP contribution in [0, 0.1) is 5.92 Å². The van der Waals surface area contributed by atoms with E-state index in [0.717, 1.165) is 32.1 Å². The fourth-order valence-corrected chi connectivity index (χ4v) is 2.62. The Morgan fingerprint density at radius 2 is 1.94 bits per heavy atom. The summed E-state index contributed by atoms with van der Waals surface area (Å²) in [5.41, 5.74) is 0. The highest BCUT2D eigenvalue weighted by Gasteiger charge is 2.25. The minimum Gasteiger partial charge on any atom is -0.461 e. The van der Waals surface area contributed by atoms with Crippen molar-refractivity contribution in [2.24, 2.45) is 5.92 Å². The summed E-state index contributed by atoms with van der Waals surface area (Å²) in [6.45, 7) is 1.47. The van der Waals surface area contributed by atoms with Crippen molar-refractivity contribution in [3.05, 3.63) is 0 Å². The molecule has 1 fully saturated rings. The molecule has 1 rings (SSSR count). The van der Waals surface area contributed by atoms with Gasteiger partial charge >= 0.3 is 5.97 Å². The average Bonchev–Trinajstić information content (AvgIpc) is 2.16. The summed E-state index contributed by atoms with van der Waals surface area (Å²) in [6, 6.07) is 0. The predicted molar refractivity (Wildman–Crippen MR) is 58.5 cm³/mol. The number of carbonyl (C=O) groups is 1. The van der Waals surface area contributed by atoms with Gasteiger partial charge in [0.15, 0.2) is 0 Å². The standard InChI is InChI=1S/C10H18O5S/c1-8(7-16(12,13)14)15-10(11)9-5-3-2-4-6-9/h8-9H,2-7H2,1H3,(H,12,13,14). The highest BCUT2D eigenvalue weighted by Crippen LogP contribution is 2.25. The van der Waals surface area contributed by atoms with E-state index in [1.54, 1.807) is 0 Å². The number of hydrogen-bond donors (Lipinski definition) is 1. The summed E-state index contributed by atoms with van der Waals surface area (Å²) in [6.07, 6.45) is 4.03. The lowest BCUT2D eigenvalue weighted by Gasteiger charge is -2.21. The molecule has 0 aliphatic heterocycles. The molecule has 1 atom stereocenters. The molecule has 1 aliphatic carbocycles. The quantitative estimate of drug-likeness (QED) is 0.602. The monoisotopic (exact) mass is 250 g/mol. The third-order valence-electron chi connectivity index (χ3n) is 2.70. The lowest BCUT2D eigenvalue weighted by Crippen LogP contribution is -2.28. The molecule has 6 heteroatoms. The summed E-state index contributed by atoms with van der Waals surface area (Å²) in [5, 5.41) is 0. The Morgan fingerprint density at radius 3 is 2.44 bits per heavy atom. The highest BCUT2D eigenvalue weighted by molar-refractivity contribution is 7.85. The van der Waals surface area contributed by atoms with Gasteiger partial charge in [-0.25, -0.2) is 0 Å². The minimum absolute atomic E-state index is 0.0994. The average molecular weight is 250 g/mol. The van der Waals surface area contributed by atoms with E-state index in [1.807, 2.05) is 0 Å². The van der Waals surface area contributed by atoms with E-state index < -0.39 is 22.0 Å².